The Balaban J connectivity index is 2.04. The van der Waals surface area contributed by atoms with Crippen molar-refractivity contribution in [3.05, 3.63) is 35.2 Å². The highest BCUT2D eigenvalue weighted by molar-refractivity contribution is 7.99. The highest BCUT2D eigenvalue weighted by Gasteiger charge is 2.35. The Morgan fingerprint density at radius 1 is 1.43 bits per heavy atom. The third-order valence-corrected chi connectivity index (χ3v) is 3.42. The van der Waals surface area contributed by atoms with E-state index in [1.165, 1.54) is 0 Å². The number of nitrogens with one attached hydrogen (secondary N) is 1. The molecule has 0 saturated heterocycles. The first kappa shape index (κ1) is 15.4. The van der Waals surface area contributed by atoms with E-state index in [0.717, 1.165) is 17.3 Å². The summed E-state index contributed by atoms with van der Waals surface area (Å²) in [5, 5.41) is 5.06. The summed E-state index contributed by atoms with van der Waals surface area (Å²) in [5.41, 5.74) is 7.25. The number of hydrogen-bond acceptors (Lipinski definition) is 5. The number of nitrogens with zero attached hydrogens (tertiary/aromatic N) is 2. The number of H-pyrrole nitrogens is 1. The normalized spacial score (nSPS) is 11.6. The van der Waals surface area contributed by atoms with Crippen molar-refractivity contribution < 1.29 is 18.0 Å². The molecule has 0 atom stereocenters. The van der Waals surface area contributed by atoms with Gasteiger partial charge in [-0.3, -0.25) is 9.89 Å². The van der Waals surface area contributed by atoms with Gasteiger partial charge in [0, 0.05) is 11.3 Å². The van der Waals surface area contributed by atoms with Gasteiger partial charge >= 0.3 is 6.18 Å². The first-order chi connectivity index (χ1) is 9.77. The minimum Gasteiger partial charge on any atom is -0.398 e. The van der Waals surface area contributed by atoms with Gasteiger partial charge in [-0.25, -0.2) is 0 Å². The predicted molar refractivity (Wildman–Crippen MR) is 72.0 cm³/mol. The van der Waals surface area contributed by atoms with Gasteiger partial charge in [-0.15, -0.1) is 5.10 Å². The monoisotopic (exact) mass is 316 g/mol. The lowest BCUT2D eigenvalue weighted by atomic mass is 10.1. The molecule has 1 aromatic carbocycles. The number of hydrogen-bond donors (Lipinski definition) is 2. The van der Waals surface area contributed by atoms with Crippen molar-refractivity contribution in [2.24, 2.45) is 0 Å². The quantitative estimate of drug-likeness (QED) is 0.515. The van der Waals surface area contributed by atoms with Crippen LogP contribution in [0.2, 0.25) is 0 Å². The molecule has 0 amide bonds. The largest absolute Gasteiger partial charge is 0.451 e. The molecule has 0 spiro atoms. The number of ketones is 1. The molecule has 0 bridgehead atoms. The molecule has 1 heterocycles. The number of aromatic amines is 1. The van der Waals surface area contributed by atoms with Crippen LogP contribution in [0.3, 0.4) is 0 Å². The fraction of sp³-hybridized carbons (Fsp3) is 0.250. The second-order valence-corrected chi connectivity index (χ2v) is 5.21. The van der Waals surface area contributed by atoms with Crippen LogP contribution in [0.4, 0.5) is 18.9 Å². The Hall–Kier alpha value is -2.03. The molecule has 0 aliphatic carbocycles. The lowest BCUT2D eigenvalue weighted by molar-refractivity contribution is -0.144. The molecule has 0 radical (unpaired) electrons. The van der Waals surface area contributed by atoms with E-state index in [4.69, 9.17) is 5.73 Å². The number of anilines is 1. The molecule has 0 aliphatic rings. The number of benzene rings is 1. The number of nitrogen functional groups attached to an aromatic ring is 1. The molecule has 9 heteroatoms. The van der Waals surface area contributed by atoms with Crippen molar-refractivity contribution in [3.63, 3.8) is 0 Å². The van der Waals surface area contributed by atoms with Crippen molar-refractivity contribution in [2.45, 2.75) is 18.3 Å². The van der Waals surface area contributed by atoms with Crippen molar-refractivity contribution in [1.29, 1.82) is 0 Å². The second-order valence-electron chi connectivity index (χ2n) is 4.27. The van der Waals surface area contributed by atoms with Crippen LogP contribution in [0.1, 0.15) is 21.7 Å². The topological polar surface area (TPSA) is 84.7 Å². The average molecular weight is 316 g/mol. The van der Waals surface area contributed by atoms with E-state index in [0.29, 0.717) is 11.3 Å². The molecule has 5 nitrogen and oxygen atoms in total. The smallest absolute Gasteiger partial charge is 0.398 e. The molecule has 0 saturated carbocycles. The van der Waals surface area contributed by atoms with Gasteiger partial charge in [0.1, 0.15) is 0 Å². The minimum absolute atomic E-state index is 0.0944. The zero-order chi connectivity index (χ0) is 15.6. The molecule has 112 valence electrons. The van der Waals surface area contributed by atoms with E-state index in [1.807, 2.05) is 6.92 Å². The first-order valence-corrected chi connectivity index (χ1v) is 6.77. The van der Waals surface area contributed by atoms with Gasteiger partial charge in [0.15, 0.2) is 5.78 Å². The van der Waals surface area contributed by atoms with Crippen molar-refractivity contribution in [1.82, 2.24) is 15.2 Å². The average Bonchev–Trinajstić information content (AvgIpc) is 2.87. The summed E-state index contributed by atoms with van der Waals surface area (Å²) in [5.74, 6) is -1.57. The lowest BCUT2D eigenvalue weighted by Crippen LogP contribution is -2.08. The van der Waals surface area contributed by atoms with Crippen molar-refractivity contribution in [2.75, 3.05) is 11.5 Å². The van der Waals surface area contributed by atoms with Crippen molar-refractivity contribution >= 4 is 23.2 Å². The van der Waals surface area contributed by atoms with Gasteiger partial charge in [0.25, 0.3) is 0 Å². The molecule has 0 aliphatic heterocycles. The standard InChI is InChI=1S/C12H11F3N4OS/c1-6-2-3-8(16)7(4-6)9(20)5-21-11-17-10(18-19-11)12(13,14)15/h2-4H,5,16H2,1H3,(H,17,18,19). The van der Waals surface area contributed by atoms with Gasteiger partial charge in [-0.05, 0) is 19.1 Å². The number of aromatic nitrogens is 3. The molecule has 2 aromatic rings. The molecule has 21 heavy (non-hydrogen) atoms. The summed E-state index contributed by atoms with van der Waals surface area (Å²) >= 11 is 0.816. The van der Waals surface area contributed by atoms with Gasteiger partial charge in [0.2, 0.25) is 11.0 Å². The second kappa shape index (κ2) is 5.76. The van der Waals surface area contributed by atoms with Crippen LogP contribution in [0.15, 0.2) is 23.4 Å². The van der Waals surface area contributed by atoms with E-state index < -0.39 is 12.0 Å². The first-order valence-electron chi connectivity index (χ1n) is 5.79. The maximum atomic E-state index is 12.3. The SMILES string of the molecule is Cc1ccc(N)c(C(=O)CSc2n[nH]c(C(F)(F)F)n2)c1. The maximum Gasteiger partial charge on any atom is 0.451 e. The van der Waals surface area contributed by atoms with Crippen LogP contribution >= 0.6 is 11.8 Å². The Kier molecular flexibility index (Phi) is 4.21. The number of nitrogens with two attached hydrogens (primary N) is 1. The number of alkyl halides is 3. The fourth-order valence-corrected chi connectivity index (χ4v) is 2.24. The third kappa shape index (κ3) is 3.75. The summed E-state index contributed by atoms with van der Waals surface area (Å²) in [6, 6.07) is 5.02. The van der Waals surface area contributed by atoms with E-state index in [-0.39, 0.29) is 16.7 Å². The van der Waals surface area contributed by atoms with Crippen molar-refractivity contribution in [3.8, 4) is 0 Å². The van der Waals surface area contributed by atoms with Gasteiger partial charge in [0.05, 0.1) is 5.75 Å². The Morgan fingerprint density at radius 3 is 2.76 bits per heavy atom. The van der Waals surface area contributed by atoms with E-state index in [9.17, 15) is 18.0 Å². The van der Waals surface area contributed by atoms with Gasteiger partial charge in [-0.1, -0.05) is 23.4 Å². The Bertz CT molecular complexity index is 669. The minimum atomic E-state index is -4.59. The molecule has 3 N–H and O–H groups in total. The van der Waals surface area contributed by atoms with Gasteiger partial charge in [-0.2, -0.15) is 18.2 Å². The van der Waals surface area contributed by atoms with E-state index in [1.54, 1.807) is 23.3 Å². The van der Waals surface area contributed by atoms with Gasteiger partial charge < -0.3 is 5.73 Å². The molecule has 2 rings (SSSR count). The zero-order valence-electron chi connectivity index (χ0n) is 10.9. The molecule has 1 aromatic heterocycles. The van der Waals surface area contributed by atoms with E-state index >= 15 is 0 Å². The Labute approximate surface area is 122 Å². The molecule has 0 fully saturated rings. The maximum absolute atomic E-state index is 12.3. The number of carbonyl (C=O) groups excluding carboxylic acids is 1. The molecular formula is C12H11F3N4OS. The lowest BCUT2D eigenvalue weighted by Gasteiger charge is -2.04. The number of rotatable bonds is 4. The van der Waals surface area contributed by atoms with Crippen LogP contribution in [-0.4, -0.2) is 26.7 Å². The number of thioether (sulfide) groups is 1. The summed E-state index contributed by atoms with van der Waals surface area (Å²) < 4.78 is 37.0. The summed E-state index contributed by atoms with van der Waals surface area (Å²) in [4.78, 5) is 15.3. The molecule has 0 unspecified atom stereocenters. The number of aryl methyl sites for hydroxylation is 1. The highest BCUT2D eigenvalue weighted by atomic mass is 32.2. The highest BCUT2D eigenvalue weighted by Crippen LogP contribution is 2.27. The fourth-order valence-electron chi connectivity index (χ4n) is 1.56. The number of Topliss-reactive ketones (excluding diaryl/α,β-unsaturated/α-hetero) is 1. The summed E-state index contributed by atoms with van der Waals surface area (Å²) in [7, 11) is 0. The predicted octanol–water partition coefficient (Wildman–Crippen LogP) is 2.69. The number of carbonyl (C=O) groups is 1. The van der Waals surface area contributed by atoms with Crippen LogP contribution in [-0.2, 0) is 6.18 Å². The summed E-state index contributed by atoms with van der Waals surface area (Å²) in [6.45, 7) is 1.81. The van der Waals surface area contributed by atoms with Crippen LogP contribution < -0.4 is 5.73 Å². The van der Waals surface area contributed by atoms with Crippen LogP contribution in [0.25, 0.3) is 0 Å². The van der Waals surface area contributed by atoms with E-state index in [2.05, 4.69) is 10.1 Å². The van der Waals surface area contributed by atoms with Crippen LogP contribution in [0.5, 0.6) is 0 Å². The zero-order valence-corrected chi connectivity index (χ0v) is 11.7. The Morgan fingerprint density at radius 2 is 2.14 bits per heavy atom. The van der Waals surface area contributed by atoms with Crippen LogP contribution in [0, 0.1) is 6.92 Å². The molecular weight excluding hydrogens is 305 g/mol. The number of halogens is 3. The summed E-state index contributed by atoms with van der Waals surface area (Å²) in [6.07, 6.45) is -4.59. The third-order valence-electron chi connectivity index (χ3n) is 2.57.